The van der Waals surface area contributed by atoms with E-state index in [-0.39, 0.29) is 5.91 Å². The molecule has 0 aliphatic heterocycles. The van der Waals surface area contributed by atoms with E-state index in [1.807, 2.05) is 19.9 Å². The number of nitrogens with zero attached hydrogens (tertiary/aromatic N) is 4. The standard InChI is InChI=1S/C12H17N5O/c1-8-6-9(2)17-11(15-8)10(7-14-17)12(18)16(3)5-4-13/h6-7H,4-5,13H2,1-3H3. The largest absolute Gasteiger partial charge is 0.340 e. The third kappa shape index (κ3) is 2.06. The molecule has 0 saturated carbocycles. The van der Waals surface area contributed by atoms with E-state index in [4.69, 9.17) is 5.73 Å². The average molecular weight is 247 g/mol. The van der Waals surface area contributed by atoms with Gasteiger partial charge in [0.25, 0.3) is 5.91 Å². The maximum absolute atomic E-state index is 12.2. The number of aryl methyl sites for hydroxylation is 2. The Balaban J connectivity index is 2.49. The van der Waals surface area contributed by atoms with E-state index < -0.39 is 0 Å². The van der Waals surface area contributed by atoms with Crippen molar-refractivity contribution < 1.29 is 4.79 Å². The summed E-state index contributed by atoms with van der Waals surface area (Å²) in [6, 6.07) is 1.93. The first-order valence-corrected chi connectivity index (χ1v) is 5.82. The lowest BCUT2D eigenvalue weighted by Crippen LogP contribution is -2.31. The number of rotatable bonds is 3. The zero-order chi connectivity index (χ0) is 13.3. The predicted octanol–water partition coefficient (Wildman–Crippen LogP) is 0.377. The van der Waals surface area contributed by atoms with Crippen molar-refractivity contribution in [3.8, 4) is 0 Å². The van der Waals surface area contributed by atoms with Crippen LogP contribution in [-0.4, -0.2) is 45.5 Å². The van der Waals surface area contributed by atoms with Crippen LogP contribution in [0.5, 0.6) is 0 Å². The van der Waals surface area contributed by atoms with Crippen molar-refractivity contribution in [2.45, 2.75) is 13.8 Å². The highest BCUT2D eigenvalue weighted by Crippen LogP contribution is 2.13. The Bertz CT molecular complexity index is 589. The van der Waals surface area contributed by atoms with Crippen LogP contribution in [0.3, 0.4) is 0 Å². The molecule has 2 aromatic rings. The topological polar surface area (TPSA) is 76.5 Å². The maximum atomic E-state index is 12.2. The highest BCUT2D eigenvalue weighted by atomic mass is 16.2. The number of fused-ring (bicyclic) bond motifs is 1. The van der Waals surface area contributed by atoms with Crippen molar-refractivity contribution in [1.29, 1.82) is 0 Å². The van der Waals surface area contributed by atoms with Gasteiger partial charge in [0, 0.05) is 31.5 Å². The van der Waals surface area contributed by atoms with Crippen molar-refractivity contribution in [3.63, 3.8) is 0 Å². The third-order valence-corrected chi connectivity index (χ3v) is 2.82. The lowest BCUT2D eigenvalue weighted by atomic mass is 10.2. The molecule has 0 radical (unpaired) electrons. The van der Waals surface area contributed by atoms with Crippen LogP contribution in [0.2, 0.25) is 0 Å². The van der Waals surface area contributed by atoms with Crippen LogP contribution in [0.1, 0.15) is 21.7 Å². The first kappa shape index (κ1) is 12.5. The van der Waals surface area contributed by atoms with Crippen LogP contribution in [0.25, 0.3) is 5.65 Å². The Labute approximate surface area is 105 Å². The summed E-state index contributed by atoms with van der Waals surface area (Å²) in [7, 11) is 1.72. The molecule has 18 heavy (non-hydrogen) atoms. The zero-order valence-electron chi connectivity index (χ0n) is 10.8. The van der Waals surface area contributed by atoms with Gasteiger partial charge in [-0.2, -0.15) is 5.10 Å². The summed E-state index contributed by atoms with van der Waals surface area (Å²) < 4.78 is 1.68. The zero-order valence-corrected chi connectivity index (χ0v) is 10.8. The van der Waals surface area contributed by atoms with E-state index in [0.717, 1.165) is 11.4 Å². The van der Waals surface area contributed by atoms with Gasteiger partial charge in [0.05, 0.1) is 6.20 Å². The van der Waals surface area contributed by atoms with Gasteiger partial charge in [-0.3, -0.25) is 4.79 Å². The highest BCUT2D eigenvalue weighted by molar-refractivity contribution is 5.99. The van der Waals surface area contributed by atoms with Crippen molar-refractivity contribution in [2.75, 3.05) is 20.1 Å². The molecule has 6 nitrogen and oxygen atoms in total. The van der Waals surface area contributed by atoms with Crippen LogP contribution >= 0.6 is 0 Å². The molecule has 0 atom stereocenters. The summed E-state index contributed by atoms with van der Waals surface area (Å²) in [5.74, 6) is -0.104. The molecule has 0 aliphatic carbocycles. The number of aromatic nitrogens is 3. The van der Waals surface area contributed by atoms with Crippen molar-refractivity contribution >= 4 is 11.6 Å². The van der Waals surface area contributed by atoms with Crippen molar-refractivity contribution in [2.24, 2.45) is 5.73 Å². The second-order valence-electron chi connectivity index (χ2n) is 4.35. The Kier molecular flexibility index (Phi) is 3.29. The lowest BCUT2D eigenvalue weighted by molar-refractivity contribution is 0.0800. The van der Waals surface area contributed by atoms with Crippen LogP contribution in [-0.2, 0) is 0 Å². The molecule has 2 heterocycles. The molecule has 0 aromatic carbocycles. The van der Waals surface area contributed by atoms with Crippen molar-refractivity contribution in [1.82, 2.24) is 19.5 Å². The Morgan fingerprint density at radius 1 is 1.50 bits per heavy atom. The molecule has 2 N–H and O–H groups in total. The summed E-state index contributed by atoms with van der Waals surface area (Å²) in [6.07, 6.45) is 1.56. The van der Waals surface area contributed by atoms with Gasteiger partial charge in [0.2, 0.25) is 0 Å². The predicted molar refractivity (Wildman–Crippen MR) is 68.5 cm³/mol. The average Bonchev–Trinajstić information content (AvgIpc) is 2.72. The highest BCUT2D eigenvalue weighted by Gasteiger charge is 2.18. The molecular weight excluding hydrogens is 230 g/mol. The first-order chi connectivity index (χ1) is 8.54. The molecule has 6 heteroatoms. The molecular formula is C12H17N5O. The van der Waals surface area contributed by atoms with Gasteiger partial charge in [-0.1, -0.05) is 0 Å². The van der Waals surface area contributed by atoms with Gasteiger partial charge in [0.1, 0.15) is 5.56 Å². The number of likely N-dealkylation sites (N-methyl/N-ethyl adjacent to an activating group) is 1. The van der Waals surface area contributed by atoms with Crippen molar-refractivity contribution in [3.05, 3.63) is 29.2 Å². The SMILES string of the molecule is Cc1cc(C)n2ncc(C(=O)N(C)CCN)c2n1. The molecule has 96 valence electrons. The summed E-state index contributed by atoms with van der Waals surface area (Å²) >= 11 is 0. The van der Waals surface area contributed by atoms with E-state index in [9.17, 15) is 4.79 Å². The second kappa shape index (κ2) is 4.73. The summed E-state index contributed by atoms with van der Waals surface area (Å²) in [5, 5.41) is 4.20. The van der Waals surface area contributed by atoms with Gasteiger partial charge < -0.3 is 10.6 Å². The fraction of sp³-hybridized carbons (Fsp3) is 0.417. The number of amides is 1. The van der Waals surface area contributed by atoms with Crippen LogP contribution in [0, 0.1) is 13.8 Å². The Hall–Kier alpha value is -1.95. The maximum Gasteiger partial charge on any atom is 0.259 e. The molecule has 0 saturated heterocycles. The minimum Gasteiger partial charge on any atom is -0.340 e. The summed E-state index contributed by atoms with van der Waals surface area (Å²) in [4.78, 5) is 18.2. The van der Waals surface area contributed by atoms with Crippen LogP contribution in [0.15, 0.2) is 12.3 Å². The van der Waals surface area contributed by atoms with Gasteiger partial charge in [0.15, 0.2) is 5.65 Å². The quantitative estimate of drug-likeness (QED) is 0.850. The minimum atomic E-state index is -0.104. The summed E-state index contributed by atoms with van der Waals surface area (Å²) in [5.41, 5.74) is 8.39. The van der Waals surface area contributed by atoms with Gasteiger partial charge in [-0.05, 0) is 19.9 Å². The number of carbonyl (C=O) groups excluding carboxylic acids is 1. The van der Waals surface area contributed by atoms with E-state index in [0.29, 0.717) is 24.3 Å². The Morgan fingerprint density at radius 3 is 2.89 bits per heavy atom. The van der Waals surface area contributed by atoms with E-state index >= 15 is 0 Å². The number of carbonyl (C=O) groups is 1. The Morgan fingerprint density at radius 2 is 2.22 bits per heavy atom. The molecule has 1 amide bonds. The fourth-order valence-corrected chi connectivity index (χ4v) is 1.92. The fourth-order valence-electron chi connectivity index (χ4n) is 1.92. The number of hydrogen-bond donors (Lipinski definition) is 1. The van der Waals surface area contributed by atoms with E-state index in [2.05, 4.69) is 10.1 Å². The number of nitrogens with two attached hydrogens (primary N) is 1. The monoisotopic (exact) mass is 247 g/mol. The van der Waals surface area contributed by atoms with Gasteiger partial charge in [-0.15, -0.1) is 0 Å². The smallest absolute Gasteiger partial charge is 0.259 e. The van der Waals surface area contributed by atoms with Gasteiger partial charge >= 0.3 is 0 Å². The van der Waals surface area contributed by atoms with Crippen LogP contribution in [0.4, 0.5) is 0 Å². The molecule has 2 aromatic heterocycles. The number of hydrogen-bond acceptors (Lipinski definition) is 4. The lowest BCUT2D eigenvalue weighted by Gasteiger charge is -2.14. The molecule has 0 fully saturated rings. The summed E-state index contributed by atoms with van der Waals surface area (Å²) in [6.45, 7) is 4.79. The third-order valence-electron chi connectivity index (χ3n) is 2.82. The normalized spacial score (nSPS) is 10.9. The molecule has 0 aliphatic rings. The van der Waals surface area contributed by atoms with E-state index in [1.54, 1.807) is 22.7 Å². The first-order valence-electron chi connectivity index (χ1n) is 5.82. The van der Waals surface area contributed by atoms with E-state index in [1.165, 1.54) is 0 Å². The minimum absolute atomic E-state index is 0.104. The molecule has 2 rings (SSSR count). The molecule has 0 unspecified atom stereocenters. The van der Waals surface area contributed by atoms with Gasteiger partial charge in [-0.25, -0.2) is 9.50 Å². The second-order valence-corrected chi connectivity index (χ2v) is 4.35. The van der Waals surface area contributed by atoms with Crippen LogP contribution < -0.4 is 5.73 Å². The molecule has 0 bridgehead atoms. The molecule has 0 spiro atoms.